The summed E-state index contributed by atoms with van der Waals surface area (Å²) in [6, 6.07) is 9.12. The van der Waals surface area contributed by atoms with Crippen molar-refractivity contribution < 1.29 is 12.9 Å². The molecule has 0 aliphatic carbocycles. The Kier molecular flexibility index (Phi) is 5.31. The van der Waals surface area contributed by atoms with E-state index in [2.05, 4.69) is 10.1 Å². The molecule has 2 rings (SSSR count). The lowest BCUT2D eigenvalue weighted by atomic mass is 10.2. The van der Waals surface area contributed by atoms with Gasteiger partial charge in [0.15, 0.2) is 5.82 Å². The van der Waals surface area contributed by atoms with E-state index in [-0.39, 0.29) is 18.2 Å². The Bertz CT molecular complexity index is 696. The maximum Gasteiger partial charge on any atom is 0.241 e. The van der Waals surface area contributed by atoms with Crippen molar-refractivity contribution in [2.24, 2.45) is 0 Å². The minimum Gasteiger partial charge on any atom is -0.338 e. The molecule has 1 heterocycles. The van der Waals surface area contributed by atoms with Crippen LogP contribution in [-0.4, -0.2) is 29.4 Å². The Morgan fingerprint density at radius 1 is 1.23 bits per heavy atom. The van der Waals surface area contributed by atoms with Gasteiger partial charge in [-0.1, -0.05) is 56.3 Å². The summed E-state index contributed by atoms with van der Waals surface area (Å²) >= 11 is 0. The van der Waals surface area contributed by atoms with Crippen LogP contribution in [0.5, 0.6) is 0 Å². The Morgan fingerprint density at radius 3 is 2.45 bits per heavy atom. The van der Waals surface area contributed by atoms with Crippen LogP contribution >= 0.6 is 0 Å². The van der Waals surface area contributed by atoms with Crippen LogP contribution in [0.1, 0.15) is 44.0 Å². The van der Waals surface area contributed by atoms with Crippen LogP contribution in [-0.2, 0) is 22.3 Å². The van der Waals surface area contributed by atoms with Crippen molar-refractivity contribution in [3.8, 4) is 0 Å². The molecule has 0 aliphatic rings. The fourth-order valence-corrected chi connectivity index (χ4v) is 3.50. The molecule has 0 unspecified atom stereocenters. The first-order chi connectivity index (χ1) is 10.4. The first kappa shape index (κ1) is 16.6. The molecule has 0 fully saturated rings. The second-order valence-electron chi connectivity index (χ2n) is 5.37. The number of benzene rings is 1. The van der Waals surface area contributed by atoms with Gasteiger partial charge in [0.05, 0.1) is 12.3 Å². The highest BCUT2D eigenvalue weighted by atomic mass is 32.2. The molecule has 7 heteroatoms. The fraction of sp³-hybridized carbons (Fsp3) is 0.467. The highest BCUT2D eigenvalue weighted by Crippen LogP contribution is 2.15. The lowest BCUT2D eigenvalue weighted by Crippen LogP contribution is -2.31. The van der Waals surface area contributed by atoms with Crippen molar-refractivity contribution in [1.82, 2.24) is 14.4 Å². The summed E-state index contributed by atoms with van der Waals surface area (Å²) in [4.78, 5) is 4.23. The molecule has 0 aliphatic heterocycles. The molecule has 0 saturated heterocycles. The second-order valence-corrected chi connectivity index (χ2v) is 7.34. The van der Waals surface area contributed by atoms with Gasteiger partial charge in [0, 0.05) is 12.5 Å². The quantitative estimate of drug-likeness (QED) is 0.782. The molecule has 1 aromatic heterocycles. The average molecular weight is 323 g/mol. The zero-order valence-electron chi connectivity index (χ0n) is 13.1. The van der Waals surface area contributed by atoms with E-state index in [1.807, 2.05) is 32.0 Å². The summed E-state index contributed by atoms with van der Waals surface area (Å²) in [6.45, 7) is 6.17. The third-order valence-corrected chi connectivity index (χ3v) is 5.12. The van der Waals surface area contributed by atoms with Crippen molar-refractivity contribution in [2.45, 2.75) is 39.0 Å². The smallest absolute Gasteiger partial charge is 0.241 e. The summed E-state index contributed by atoms with van der Waals surface area (Å²) < 4.78 is 31.5. The van der Waals surface area contributed by atoms with E-state index >= 15 is 0 Å². The minimum absolute atomic E-state index is 0.0349. The third kappa shape index (κ3) is 4.14. The first-order valence-corrected chi connectivity index (χ1v) is 8.87. The van der Waals surface area contributed by atoms with Crippen LogP contribution in [0.4, 0.5) is 0 Å². The van der Waals surface area contributed by atoms with E-state index in [0.29, 0.717) is 18.3 Å². The van der Waals surface area contributed by atoms with E-state index in [1.54, 1.807) is 19.1 Å². The zero-order chi connectivity index (χ0) is 16.2. The van der Waals surface area contributed by atoms with E-state index in [9.17, 15) is 8.42 Å². The zero-order valence-corrected chi connectivity index (χ0v) is 13.9. The molecule has 0 atom stereocenters. The molecule has 6 nitrogen and oxygen atoms in total. The van der Waals surface area contributed by atoms with Crippen LogP contribution < -0.4 is 0 Å². The number of nitrogens with zero attached hydrogens (tertiary/aromatic N) is 3. The van der Waals surface area contributed by atoms with Gasteiger partial charge in [-0.25, -0.2) is 8.42 Å². The number of rotatable bonds is 7. The Hall–Kier alpha value is -1.73. The Morgan fingerprint density at radius 2 is 1.91 bits per heavy atom. The Labute approximate surface area is 131 Å². The second kappa shape index (κ2) is 7.02. The van der Waals surface area contributed by atoms with Crippen LogP contribution in [0.2, 0.25) is 0 Å². The van der Waals surface area contributed by atoms with Crippen LogP contribution in [0, 0.1) is 0 Å². The topological polar surface area (TPSA) is 76.3 Å². The molecule has 2 aromatic rings. The normalized spacial score (nSPS) is 12.2. The van der Waals surface area contributed by atoms with Crippen LogP contribution in [0.3, 0.4) is 0 Å². The maximum atomic E-state index is 12.5. The number of hydrogen-bond donors (Lipinski definition) is 0. The van der Waals surface area contributed by atoms with Gasteiger partial charge in [-0.3, -0.25) is 0 Å². The molecule has 0 N–H and O–H groups in total. The first-order valence-electron chi connectivity index (χ1n) is 7.26. The standard InChI is InChI=1S/C15H21N3O3S/c1-4-18(10-14-16-15(12(2)3)17-21-14)22(19,20)11-13-8-6-5-7-9-13/h5-9,12H,4,10-11H2,1-3H3. The third-order valence-electron chi connectivity index (χ3n) is 3.25. The van der Waals surface area contributed by atoms with Crippen molar-refractivity contribution in [3.63, 3.8) is 0 Å². The van der Waals surface area contributed by atoms with E-state index in [0.717, 1.165) is 5.56 Å². The predicted octanol–water partition coefficient (Wildman–Crippen LogP) is 2.54. The molecular weight excluding hydrogens is 302 g/mol. The van der Waals surface area contributed by atoms with E-state index in [1.165, 1.54) is 4.31 Å². The number of sulfonamides is 1. The van der Waals surface area contributed by atoms with Gasteiger partial charge in [-0.05, 0) is 5.56 Å². The molecule has 0 bridgehead atoms. The van der Waals surface area contributed by atoms with Gasteiger partial charge in [0.2, 0.25) is 15.9 Å². The maximum absolute atomic E-state index is 12.5. The lowest BCUT2D eigenvalue weighted by molar-refractivity contribution is 0.318. The number of aromatic nitrogens is 2. The molecule has 0 saturated carbocycles. The van der Waals surface area contributed by atoms with Gasteiger partial charge in [0.25, 0.3) is 0 Å². The molecule has 1 aromatic carbocycles. The summed E-state index contributed by atoms with van der Waals surface area (Å²) in [5.41, 5.74) is 0.759. The van der Waals surface area contributed by atoms with Crippen molar-refractivity contribution in [2.75, 3.05) is 6.54 Å². The SMILES string of the molecule is CCN(Cc1nc(C(C)C)no1)S(=O)(=O)Cc1ccccc1. The lowest BCUT2D eigenvalue weighted by Gasteiger charge is -2.18. The van der Waals surface area contributed by atoms with Gasteiger partial charge >= 0.3 is 0 Å². The fourth-order valence-electron chi connectivity index (χ4n) is 2.00. The minimum atomic E-state index is -3.43. The highest BCUT2D eigenvalue weighted by Gasteiger charge is 2.23. The summed E-state index contributed by atoms with van der Waals surface area (Å²) in [6.07, 6.45) is 0. The molecule has 0 spiro atoms. The Balaban J connectivity index is 2.12. The van der Waals surface area contributed by atoms with E-state index in [4.69, 9.17) is 4.52 Å². The van der Waals surface area contributed by atoms with E-state index < -0.39 is 10.0 Å². The van der Waals surface area contributed by atoms with Crippen molar-refractivity contribution >= 4 is 10.0 Å². The summed E-state index contributed by atoms with van der Waals surface area (Å²) in [5, 5.41) is 3.86. The molecular formula is C15H21N3O3S. The van der Waals surface area contributed by atoms with Crippen molar-refractivity contribution in [3.05, 3.63) is 47.6 Å². The predicted molar refractivity (Wildman–Crippen MR) is 83.5 cm³/mol. The van der Waals surface area contributed by atoms with Gasteiger partial charge in [0.1, 0.15) is 0 Å². The summed E-state index contributed by atoms with van der Waals surface area (Å²) in [5.74, 6) is 1.02. The molecule has 0 radical (unpaired) electrons. The molecule has 120 valence electrons. The largest absolute Gasteiger partial charge is 0.338 e. The average Bonchev–Trinajstić information content (AvgIpc) is 2.94. The summed E-state index contributed by atoms with van der Waals surface area (Å²) in [7, 11) is -3.43. The van der Waals surface area contributed by atoms with Gasteiger partial charge in [-0.2, -0.15) is 9.29 Å². The van der Waals surface area contributed by atoms with Gasteiger partial charge < -0.3 is 4.52 Å². The molecule has 0 amide bonds. The van der Waals surface area contributed by atoms with Crippen LogP contribution in [0.25, 0.3) is 0 Å². The highest BCUT2D eigenvalue weighted by molar-refractivity contribution is 7.88. The van der Waals surface area contributed by atoms with Crippen LogP contribution in [0.15, 0.2) is 34.9 Å². The molecule has 22 heavy (non-hydrogen) atoms. The van der Waals surface area contributed by atoms with Gasteiger partial charge in [-0.15, -0.1) is 0 Å². The van der Waals surface area contributed by atoms with Crippen molar-refractivity contribution in [1.29, 1.82) is 0 Å². The monoisotopic (exact) mass is 323 g/mol. The number of hydrogen-bond acceptors (Lipinski definition) is 5.